The minimum Gasteiger partial charge on any atom is -0.386 e. The predicted molar refractivity (Wildman–Crippen MR) is 106 cm³/mol. The largest absolute Gasteiger partial charge is 0.386 e. The molecule has 142 valence electrons. The quantitative estimate of drug-likeness (QED) is 0.354. The molecule has 0 fully saturated rings. The molecule has 0 N–H and O–H groups in total. The van der Waals surface area contributed by atoms with E-state index in [4.69, 9.17) is 9.47 Å². The van der Waals surface area contributed by atoms with Gasteiger partial charge in [0.1, 0.15) is 0 Å². The summed E-state index contributed by atoms with van der Waals surface area (Å²) in [6.45, 7) is 0. The van der Waals surface area contributed by atoms with Gasteiger partial charge < -0.3 is 9.47 Å². The summed E-state index contributed by atoms with van der Waals surface area (Å²) in [5.41, 5.74) is 2.01. The monoisotopic (exact) mass is 394 g/mol. The van der Waals surface area contributed by atoms with Crippen LogP contribution >= 0.6 is 0 Å². The Kier molecular flexibility index (Phi) is 3.11. The molecule has 4 aromatic rings. The lowest BCUT2D eigenvalue weighted by molar-refractivity contribution is 0.0426. The molecule has 0 radical (unpaired) electrons. The number of benzene rings is 4. The number of esters is 4. The smallest absolute Gasteiger partial charge is 0.347 e. The average Bonchev–Trinajstić information content (AvgIpc) is 3.19. The zero-order valence-corrected chi connectivity index (χ0v) is 15.2. The molecule has 0 atom stereocenters. The number of carbonyl (C=O) groups excluding carboxylic acids is 4. The van der Waals surface area contributed by atoms with Crippen molar-refractivity contribution in [2.45, 2.75) is 0 Å². The Bertz CT molecular complexity index is 1510. The lowest BCUT2D eigenvalue weighted by Crippen LogP contribution is -2.00. The molecule has 0 aliphatic carbocycles. The second-order valence-corrected chi connectivity index (χ2v) is 7.17. The number of cyclic esters (lactones) is 4. The number of fused-ring (bicyclic) bond motifs is 4. The van der Waals surface area contributed by atoms with Crippen LogP contribution in [0.4, 0.5) is 0 Å². The van der Waals surface area contributed by atoms with Crippen LogP contribution in [0.5, 0.6) is 0 Å². The van der Waals surface area contributed by atoms with Gasteiger partial charge in [-0.2, -0.15) is 0 Å². The lowest BCUT2D eigenvalue weighted by Gasteiger charge is -2.13. The first-order chi connectivity index (χ1) is 14.5. The summed E-state index contributed by atoms with van der Waals surface area (Å²) in [6, 6.07) is 17.7. The summed E-state index contributed by atoms with van der Waals surface area (Å²) < 4.78 is 9.61. The van der Waals surface area contributed by atoms with Crippen molar-refractivity contribution in [2.75, 3.05) is 0 Å². The summed E-state index contributed by atoms with van der Waals surface area (Å²) in [5.74, 6) is -2.77. The maximum atomic E-state index is 12.6. The van der Waals surface area contributed by atoms with E-state index in [2.05, 4.69) is 0 Å². The highest BCUT2D eigenvalue weighted by atomic mass is 16.6. The molecule has 0 saturated carbocycles. The molecule has 2 heterocycles. The van der Waals surface area contributed by atoms with Crippen molar-refractivity contribution in [3.8, 4) is 11.1 Å². The second-order valence-electron chi connectivity index (χ2n) is 7.17. The first-order valence-electron chi connectivity index (χ1n) is 9.19. The first kappa shape index (κ1) is 16.6. The first-order valence-corrected chi connectivity index (χ1v) is 9.19. The predicted octanol–water partition coefficient (Wildman–Crippen LogP) is 4.28. The SMILES string of the molecule is O=C1OC(=O)c2cc3c(-c4c5c(cc6ccccc46)C(=O)OC5=O)cccc3cc21. The van der Waals surface area contributed by atoms with E-state index >= 15 is 0 Å². The Morgan fingerprint density at radius 2 is 1.07 bits per heavy atom. The van der Waals surface area contributed by atoms with Crippen LogP contribution in [0.2, 0.25) is 0 Å². The van der Waals surface area contributed by atoms with Crippen molar-refractivity contribution in [3.05, 3.63) is 82.9 Å². The minimum atomic E-state index is -0.705. The topological polar surface area (TPSA) is 86.7 Å². The number of rotatable bonds is 1. The van der Waals surface area contributed by atoms with Gasteiger partial charge in [0.15, 0.2) is 0 Å². The third kappa shape index (κ3) is 2.07. The van der Waals surface area contributed by atoms with E-state index in [1.807, 2.05) is 36.4 Å². The van der Waals surface area contributed by atoms with Crippen molar-refractivity contribution >= 4 is 45.4 Å². The van der Waals surface area contributed by atoms with E-state index in [-0.39, 0.29) is 22.3 Å². The molecule has 0 saturated heterocycles. The normalized spacial score (nSPS) is 14.8. The fourth-order valence-electron chi connectivity index (χ4n) is 4.27. The van der Waals surface area contributed by atoms with Crippen LogP contribution in [-0.4, -0.2) is 23.9 Å². The van der Waals surface area contributed by atoms with Gasteiger partial charge in [-0.3, -0.25) is 0 Å². The lowest BCUT2D eigenvalue weighted by atomic mass is 9.87. The second kappa shape index (κ2) is 5.61. The van der Waals surface area contributed by atoms with Crippen molar-refractivity contribution in [3.63, 3.8) is 0 Å². The Balaban J connectivity index is 1.78. The van der Waals surface area contributed by atoms with Crippen molar-refractivity contribution < 1.29 is 28.7 Å². The Labute approximate surface area is 168 Å². The Morgan fingerprint density at radius 1 is 0.467 bits per heavy atom. The summed E-state index contributed by atoms with van der Waals surface area (Å²) >= 11 is 0. The molecular formula is C24H10O6. The summed E-state index contributed by atoms with van der Waals surface area (Å²) in [5, 5.41) is 2.92. The third-order valence-corrected chi connectivity index (χ3v) is 5.57. The maximum absolute atomic E-state index is 12.6. The molecule has 2 aliphatic heterocycles. The van der Waals surface area contributed by atoms with Crippen LogP contribution in [0.3, 0.4) is 0 Å². The molecule has 6 heteroatoms. The van der Waals surface area contributed by atoms with Crippen LogP contribution in [0.15, 0.2) is 60.7 Å². The molecular weight excluding hydrogens is 384 g/mol. The van der Waals surface area contributed by atoms with Crippen LogP contribution < -0.4 is 0 Å². The summed E-state index contributed by atoms with van der Waals surface area (Å²) in [4.78, 5) is 48.9. The molecule has 2 aliphatic rings. The standard InChI is InChI=1S/C24H10O6/c25-21-16-8-12-5-3-7-14(15(12)10-17(16)22(26)29-21)19-13-6-2-1-4-11(13)9-18-20(19)24(28)30-23(18)27/h1-10H. The van der Waals surface area contributed by atoms with Crippen LogP contribution in [-0.2, 0) is 9.47 Å². The van der Waals surface area contributed by atoms with E-state index in [9.17, 15) is 19.2 Å². The highest BCUT2D eigenvalue weighted by Crippen LogP contribution is 2.41. The summed E-state index contributed by atoms with van der Waals surface area (Å²) in [7, 11) is 0. The molecule has 0 spiro atoms. The molecule has 6 rings (SSSR count). The third-order valence-electron chi connectivity index (χ3n) is 5.57. The van der Waals surface area contributed by atoms with Gasteiger partial charge in [-0.25, -0.2) is 19.2 Å². The van der Waals surface area contributed by atoms with Gasteiger partial charge >= 0.3 is 23.9 Å². The summed E-state index contributed by atoms with van der Waals surface area (Å²) in [6.07, 6.45) is 0. The van der Waals surface area contributed by atoms with Crippen molar-refractivity contribution in [2.24, 2.45) is 0 Å². The zero-order chi connectivity index (χ0) is 20.6. The fourth-order valence-corrected chi connectivity index (χ4v) is 4.27. The molecule has 4 aromatic carbocycles. The van der Waals surface area contributed by atoms with Gasteiger partial charge in [-0.05, 0) is 45.3 Å². The number of hydrogen-bond donors (Lipinski definition) is 0. The number of hydrogen-bond acceptors (Lipinski definition) is 6. The molecule has 0 bridgehead atoms. The van der Waals surface area contributed by atoms with Gasteiger partial charge in [0.2, 0.25) is 0 Å². The van der Waals surface area contributed by atoms with Crippen LogP contribution in [0, 0.1) is 0 Å². The fraction of sp³-hybridized carbons (Fsp3) is 0. The van der Waals surface area contributed by atoms with Gasteiger partial charge in [0.05, 0.1) is 22.3 Å². The molecule has 0 aromatic heterocycles. The Morgan fingerprint density at radius 3 is 1.90 bits per heavy atom. The molecule has 0 amide bonds. The van der Waals surface area contributed by atoms with E-state index in [1.165, 1.54) is 0 Å². The average molecular weight is 394 g/mol. The van der Waals surface area contributed by atoms with E-state index < -0.39 is 23.9 Å². The highest BCUT2D eigenvalue weighted by molar-refractivity contribution is 6.25. The van der Waals surface area contributed by atoms with Gasteiger partial charge in [0.25, 0.3) is 0 Å². The van der Waals surface area contributed by atoms with E-state index in [0.29, 0.717) is 21.9 Å². The van der Waals surface area contributed by atoms with Gasteiger partial charge in [-0.1, -0.05) is 42.5 Å². The molecule has 6 nitrogen and oxygen atoms in total. The van der Waals surface area contributed by atoms with Crippen molar-refractivity contribution in [1.82, 2.24) is 0 Å². The van der Waals surface area contributed by atoms with Gasteiger partial charge in [-0.15, -0.1) is 0 Å². The van der Waals surface area contributed by atoms with Crippen LogP contribution in [0.25, 0.3) is 32.7 Å². The van der Waals surface area contributed by atoms with E-state index in [1.54, 1.807) is 24.3 Å². The van der Waals surface area contributed by atoms with Gasteiger partial charge in [0, 0.05) is 5.56 Å². The minimum absolute atomic E-state index is 0.176. The Hall–Kier alpha value is -4.32. The molecule has 0 unspecified atom stereocenters. The van der Waals surface area contributed by atoms with Crippen LogP contribution in [0.1, 0.15) is 41.4 Å². The number of ether oxygens (including phenoxy) is 2. The zero-order valence-electron chi connectivity index (χ0n) is 15.2. The maximum Gasteiger partial charge on any atom is 0.347 e. The number of carbonyl (C=O) groups is 4. The molecule has 30 heavy (non-hydrogen) atoms. The highest BCUT2D eigenvalue weighted by Gasteiger charge is 2.35. The van der Waals surface area contributed by atoms with E-state index in [0.717, 1.165) is 10.8 Å². The van der Waals surface area contributed by atoms with Crippen molar-refractivity contribution in [1.29, 1.82) is 0 Å².